The van der Waals surface area contributed by atoms with E-state index in [1.54, 1.807) is 24.3 Å². The van der Waals surface area contributed by atoms with Crippen molar-refractivity contribution in [3.8, 4) is 0 Å². The normalized spacial score (nSPS) is 29.6. The zero-order valence-corrected chi connectivity index (χ0v) is 18.0. The molecule has 0 aromatic heterocycles. The highest BCUT2D eigenvalue weighted by molar-refractivity contribution is 7.92. The van der Waals surface area contributed by atoms with Crippen LogP contribution in [0.15, 0.2) is 48.5 Å². The average Bonchev–Trinajstić information content (AvgIpc) is 2.66. The number of benzene rings is 2. The minimum absolute atomic E-state index is 0.255. The fourth-order valence-electron chi connectivity index (χ4n) is 6.51. The number of rotatable bonds is 5. The molecule has 5 nitrogen and oxygen atoms in total. The van der Waals surface area contributed by atoms with E-state index in [4.69, 9.17) is 0 Å². The summed E-state index contributed by atoms with van der Waals surface area (Å²) in [6.45, 7) is 0. The molecular formula is C24H28N2O3S. The maximum absolute atomic E-state index is 12.7. The lowest BCUT2D eigenvalue weighted by atomic mass is 9.48. The molecule has 158 valence electrons. The van der Waals surface area contributed by atoms with Gasteiger partial charge in [0.2, 0.25) is 10.0 Å². The molecule has 4 aliphatic rings. The molecule has 4 fully saturated rings. The largest absolute Gasteiger partial charge is 0.322 e. The molecule has 1 amide bonds. The van der Waals surface area contributed by atoms with Crippen molar-refractivity contribution >= 4 is 27.3 Å². The first-order chi connectivity index (χ1) is 14.3. The highest BCUT2D eigenvalue weighted by atomic mass is 32.2. The van der Waals surface area contributed by atoms with Gasteiger partial charge in [0.05, 0.1) is 6.26 Å². The molecule has 0 unspecified atom stereocenters. The molecule has 0 saturated heterocycles. The predicted molar refractivity (Wildman–Crippen MR) is 119 cm³/mol. The van der Waals surface area contributed by atoms with Crippen molar-refractivity contribution in [2.75, 3.05) is 16.3 Å². The molecule has 0 radical (unpaired) electrons. The van der Waals surface area contributed by atoms with Gasteiger partial charge >= 0.3 is 0 Å². The first-order valence-corrected chi connectivity index (χ1v) is 12.7. The smallest absolute Gasteiger partial charge is 0.255 e. The lowest BCUT2D eigenvalue weighted by molar-refractivity contribution is -0.00518. The van der Waals surface area contributed by atoms with E-state index in [-0.39, 0.29) is 5.91 Å². The maximum Gasteiger partial charge on any atom is 0.255 e. The predicted octanol–water partition coefficient (Wildman–Crippen LogP) is 4.78. The Morgan fingerprint density at radius 2 is 1.50 bits per heavy atom. The van der Waals surface area contributed by atoms with Crippen molar-refractivity contribution < 1.29 is 13.2 Å². The van der Waals surface area contributed by atoms with E-state index in [2.05, 4.69) is 22.2 Å². The molecule has 30 heavy (non-hydrogen) atoms. The van der Waals surface area contributed by atoms with Crippen LogP contribution in [0.25, 0.3) is 0 Å². The number of hydrogen-bond acceptors (Lipinski definition) is 3. The second-order valence-electron chi connectivity index (χ2n) is 9.68. The summed E-state index contributed by atoms with van der Waals surface area (Å²) in [7, 11) is -3.38. The number of amides is 1. The van der Waals surface area contributed by atoms with E-state index < -0.39 is 10.0 Å². The second-order valence-corrected chi connectivity index (χ2v) is 11.4. The number of nitrogens with one attached hydrogen (secondary N) is 2. The van der Waals surface area contributed by atoms with E-state index in [1.165, 1.54) is 44.1 Å². The van der Waals surface area contributed by atoms with E-state index in [0.29, 0.717) is 16.7 Å². The van der Waals surface area contributed by atoms with Crippen molar-refractivity contribution in [3.63, 3.8) is 0 Å². The van der Waals surface area contributed by atoms with Gasteiger partial charge in [-0.15, -0.1) is 0 Å². The van der Waals surface area contributed by atoms with Crippen LogP contribution in [0.2, 0.25) is 0 Å². The molecular weight excluding hydrogens is 396 g/mol. The Hall–Kier alpha value is -2.34. The maximum atomic E-state index is 12.7. The van der Waals surface area contributed by atoms with Crippen molar-refractivity contribution in [2.45, 2.75) is 43.9 Å². The van der Waals surface area contributed by atoms with Crippen LogP contribution < -0.4 is 10.0 Å². The Morgan fingerprint density at radius 1 is 0.900 bits per heavy atom. The van der Waals surface area contributed by atoms with E-state index in [1.807, 2.05) is 12.1 Å². The number of anilines is 2. The molecule has 6 heteroatoms. The second kappa shape index (κ2) is 7.12. The summed E-state index contributed by atoms with van der Waals surface area (Å²) < 4.78 is 25.2. The van der Waals surface area contributed by atoms with Crippen molar-refractivity contribution in [1.29, 1.82) is 0 Å². The molecule has 6 rings (SSSR count). The summed E-state index contributed by atoms with van der Waals surface area (Å²) in [6, 6.07) is 14.9. The summed E-state index contributed by atoms with van der Waals surface area (Å²) in [5, 5.41) is 2.93. The molecule has 4 aliphatic carbocycles. The van der Waals surface area contributed by atoms with Gasteiger partial charge < -0.3 is 5.32 Å². The summed E-state index contributed by atoms with van der Waals surface area (Å²) in [5.74, 6) is 2.46. The van der Waals surface area contributed by atoms with Gasteiger partial charge in [-0.3, -0.25) is 9.52 Å². The fraction of sp³-hybridized carbons (Fsp3) is 0.458. The van der Waals surface area contributed by atoms with E-state index in [9.17, 15) is 13.2 Å². The highest BCUT2D eigenvalue weighted by Gasteiger charge is 2.51. The average molecular weight is 425 g/mol. The SMILES string of the molecule is CS(=O)(=O)Nc1cccc(C(=O)Nc2ccc(C34CC5CC(CC(C5)C3)C4)cc2)c1. The monoisotopic (exact) mass is 424 g/mol. The van der Waals surface area contributed by atoms with Crippen molar-refractivity contribution in [3.05, 3.63) is 59.7 Å². The van der Waals surface area contributed by atoms with Gasteiger partial charge in [-0.1, -0.05) is 18.2 Å². The third-order valence-electron chi connectivity index (χ3n) is 7.22. The Morgan fingerprint density at radius 3 is 2.07 bits per heavy atom. The lowest BCUT2D eigenvalue weighted by Crippen LogP contribution is -2.48. The van der Waals surface area contributed by atoms with Crippen molar-refractivity contribution in [2.24, 2.45) is 17.8 Å². The summed E-state index contributed by atoms with van der Waals surface area (Å²) in [5.41, 5.74) is 3.33. The minimum Gasteiger partial charge on any atom is -0.322 e. The van der Waals surface area contributed by atoms with Crippen LogP contribution in [0.3, 0.4) is 0 Å². The number of hydrogen-bond donors (Lipinski definition) is 2. The molecule has 0 atom stereocenters. The molecule has 2 N–H and O–H groups in total. The zero-order valence-electron chi connectivity index (χ0n) is 17.2. The van der Waals surface area contributed by atoms with Gasteiger partial charge in [-0.05, 0) is 97.6 Å². The van der Waals surface area contributed by atoms with Gasteiger partial charge in [-0.2, -0.15) is 0 Å². The Kier molecular flexibility index (Phi) is 4.65. The molecule has 4 bridgehead atoms. The van der Waals surface area contributed by atoms with Crippen LogP contribution in [0, 0.1) is 17.8 Å². The van der Waals surface area contributed by atoms with Gasteiger partial charge in [-0.25, -0.2) is 8.42 Å². The van der Waals surface area contributed by atoms with Crippen LogP contribution in [0.1, 0.15) is 54.4 Å². The highest BCUT2D eigenvalue weighted by Crippen LogP contribution is 2.60. The van der Waals surface area contributed by atoms with Crippen LogP contribution in [0.4, 0.5) is 11.4 Å². The van der Waals surface area contributed by atoms with Crippen LogP contribution in [-0.4, -0.2) is 20.6 Å². The number of sulfonamides is 1. The molecule has 2 aromatic rings. The summed E-state index contributed by atoms with van der Waals surface area (Å²) in [6.07, 6.45) is 9.35. The zero-order chi connectivity index (χ0) is 20.9. The third-order valence-corrected chi connectivity index (χ3v) is 7.83. The topological polar surface area (TPSA) is 75.3 Å². The molecule has 4 saturated carbocycles. The molecule has 0 heterocycles. The Balaban J connectivity index is 1.30. The Labute approximate surface area is 178 Å². The van der Waals surface area contributed by atoms with E-state index >= 15 is 0 Å². The Bertz CT molecular complexity index is 1040. The van der Waals surface area contributed by atoms with Gasteiger partial charge in [0.25, 0.3) is 5.91 Å². The van der Waals surface area contributed by atoms with Crippen LogP contribution >= 0.6 is 0 Å². The molecule has 0 aliphatic heterocycles. The van der Waals surface area contributed by atoms with Gasteiger partial charge in [0, 0.05) is 16.9 Å². The molecule has 0 spiro atoms. The van der Waals surface area contributed by atoms with Gasteiger partial charge in [0.1, 0.15) is 0 Å². The lowest BCUT2D eigenvalue weighted by Gasteiger charge is -2.57. The van der Waals surface area contributed by atoms with Crippen molar-refractivity contribution in [1.82, 2.24) is 0 Å². The summed E-state index contributed by atoms with van der Waals surface area (Å²) in [4.78, 5) is 12.7. The van der Waals surface area contributed by atoms with Crippen LogP contribution in [0.5, 0.6) is 0 Å². The standard InChI is InChI=1S/C24H28N2O3S/c1-30(28,29)26-22-4-2-3-19(12-22)23(27)25-21-7-5-20(6-8-21)24-13-16-9-17(14-24)11-18(10-16)15-24/h2-8,12,16-18,26H,9-11,13-15H2,1H3,(H,25,27). The van der Waals surface area contributed by atoms with Gasteiger partial charge in [0.15, 0.2) is 0 Å². The van der Waals surface area contributed by atoms with E-state index in [0.717, 1.165) is 29.7 Å². The quantitative estimate of drug-likeness (QED) is 0.725. The number of carbonyl (C=O) groups is 1. The molecule has 2 aromatic carbocycles. The third kappa shape index (κ3) is 3.85. The first-order valence-electron chi connectivity index (χ1n) is 10.8. The van der Waals surface area contributed by atoms with Crippen LogP contribution in [-0.2, 0) is 15.4 Å². The first kappa shape index (κ1) is 19.6. The fourth-order valence-corrected chi connectivity index (χ4v) is 7.07. The number of carbonyl (C=O) groups excluding carboxylic acids is 1. The summed E-state index contributed by atoms with van der Waals surface area (Å²) >= 11 is 0. The minimum atomic E-state index is -3.38.